The Morgan fingerprint density at radius 2 is 1.40 bits per heavy atom. The summed E-state index contributed by atoms with van der Waals surface area (Å²) in [5.74, 6) is -3.12. The lowest BCUT2D eigenvalue weighted by molar-refractivity contribution is -0.117. The zero-order valence-corrected chi connectivity index (χ0v) is 25.9. The van der Waals surface area contributed by atoms with Gasteiger partial charge >= 0.3 is 0 Å². The van der Waals surface area contributed by atoms with E-state index in [0.29, 0.717) is 26.5 Å². The third kappa shape index (κ3) is 7.72. The van der Waals surface area contributed by atoms with Gasteiger partial charge in [0.1, 0.15) is 11.6 Å². The van der Waals surface area contributed by atoms with Crippen LogP contribution in [0.3, 0.4) is 0 Å². The van der Waals surface area contributed by atoms with E-state index in [1.807, 2.05) is 19.1 Å². The van der Waals surface area contributed by atoms with E-state index in [2.05, 4.69) is 0 Å². The number of nitrogens with one attached hydrogen (secondary N) is 1. The van der Waals surface area contributed by atoms with Crippen LogP contribution in [0.15, 0.2) is 107 Å². The second-order valence-corrected chi connectivity index (χ2v) is 12.9. The summed E-state index contributed by atoms with van der Waals surface area (Å²) in [7, 11) is 0. The number of thioether (sulfide) groups is 2. The Kier molecular flexibility index (Phi) is 9.90. The van der Waals surface area contributed by atoms with Gasteiger partial charge in [0.2, 0.25) is 10.2 Å². The van der Waals surface area contributed by atoms with Crippen molar-refractivity contribution in [1.82, 2.24) is 0 Å². The molecule has 4 aromatic carbocycles. The van der Waals surface area contributed by atoms with Crippen molar-refractivity contribution in [3.8, 4) is 22.3 Å². The highest BCUT2D eigenvalue weighted by molar-refractivity contribution is 8.18. The van der Waals surface area contributed by atoms with Crippen LogP contribution in [0.1, 0.15) is 37.3 Å². The molecule has 3 nitrogen and oxygen atoms in total. The van der Waals surface area contributed by atoms with E-state index in [1.54, 1.807) is 48.5 Å². The van der Waals surface area contributed by atoms with Crippen molar-refractivity contribution >= 4 is 39.5 Å². The van der Waals surface area contributed by atoms with E-state index in [4.69, 9.17) is 5.41 Å². The fourth-order valence-electron chi connectivity index (χ4n) is 5.08. The monoisotopic (exact) mass is 645 g/mol. The lowest BCUT2D eigenvalue weighted by Crippen LogP contribution is -2.10. The fraction of sp³-hybridized carbons (Fsp3) is 0.139. The van der Waals surface area contributed by atoms with Gasteiger partial charge in [-0.2, -0.15) is 0 Å². The predicted molar refractivity (Wildman–Crippen MR) is 173 cm³/mol. The molecule has 0 bridgehead atoms. The van der Waals surface area contributed by atoms with Gasteiger partial charge in [0.15, 0.2) is 11.6 Å². The highest BCUT2D eigenvalue weighted by Crippen LogP contribution is 2.38. The molecule has 0 saturated heterocycles. The van der Waals surface area contributed by atoms with Gasteiger partial charge in [0, 0.05) is 32.6 Å². The lowest BCUT2D eigenvalue weighted by Gasteiger charge is -2.23. The number of hydrogen-bond acceptors (Lipinski definition) is 5. The van der Waals surface area contributed by atoms with E-state index < -0.39 is 23.3 Å². The molecule has 9 heteroatoms. The molecule has 5 rings (SSSR count). The normalized spacial score (nSPS) is 15.9. The summed E-state index contributed by atoms with van der Waals surface area (Å²) in [5.41, 5.74) is 2.83. The minimum Gasteiger partial charge on any atom is -0.305 e. The van der Waals surface area contributed by atoms with Crippen LogP contribution >= 0.6 is 23.5 Å². The maximum Gasteiger partial charge on any atom is 0.201 e. The van der Waals surface area contributed by atoms with Gasteiger partial charge < -0.3 is 5.41 Å². The third-order valence-corrected chi connectivity index (χ3v) is 9.14. The smallest absolute Gasteiger partial charge is 0.201 e. The predicted octanol–water partition coefficient (Wildman–Crippen LogP) is 10.1. The summed E-state index contributed by atoms with van der Waals surface area (Å²) >= 11 is 1.92. The molecular weight excluding hydrogens is 619 g/mol. The average Bonchev–Trinajstić information content (AvgIpc) is 2.98. The number of halogens is 4. The molecule has 1 N–H and O–H groups in total. The first-order chi connectivity index (χ1) is 21.5. The summed E-state index contributed by atoms with van der Waals surface area (Å²) < 4.78 is 56.3. The standard InChI is InChI=1S/C36H27F4NO2S2/c1-20-15-27(10-13-28(20)24-6-12-30(33(39)17-24)25-5-11-29(21(2)41)32(38)18-25)45-36(43)19-35(42)44-26-8-3-22(4-9-26)23-7-14-31(37)34(40)16-23/h3-18,20,28,41H,19H2,1-2H3. The highest BCUT2D eigenvalue weighted by atomic mass is 32.2. The third-order valence-electron chi connectivity index (χ3n) is 7.38. The Labute approximate surface area is 267 Å². The molecule has 228 valence electrons. The molecule has 1 aliphatic rings. The lowest BCUT2D eigenvalue weighted by atomic mass is 9.83. The van der Waals surface area contributed by atoms with E-state index in [9.17, 15) is 22.8 Å². The molecule has 0 saturated carbocycles. The maximum absolute atomic E-state index is 15.1. The van der Waals surface area contributed by atoms with E-state index in [1.165, 1.54) is 31.2 Å². The van der Waals surface area contributed by atoms with Crippen molar-refractivity contribution in [3.05, 3.63) is 136 Å². The zero-order chi connectivity index (χ0) is 32.2. The minimum atomic E-state index is -0.940. The number of benzene rings is 4. The second-order valence-electron chi connectivity index (χ2n) is 10.7. The SMILES string of the molecule is CC(=N)c1ccc(-c2ccc(C3C=CC(SC(=O)CC(=O)Sc4ccc(-c5ccc(F)c(F)c5)cc4)=CC3C)cc2F)cc1F. The number of rotatable bonds is 8. The summed E-state index contributed by atoms with van der Waals surface area (Å²) in [6.45, 7) is 3.45. The van der Waals surface area contributed by atoms with Crippen molar-refractivity contribution in [2.75, 3.05) is 0 Å². The number of carbonyl (C=O) groups is 2. The van der Waals surface area contributed by atoms with Gasteiger partial charge in [-0.3, -0.25) is 9.59 Å². The molecule has 0 spiro atoms. The molecule has 45 heavy (non-hydrogen) atoms. The second kappa shape index (κ2) is 13.8. The van der Waals surface area contributed by atoms with Crippen molar-refractivity contribution < 1.29 is 27.2 Å². The van der Waals surface area contributed by atoms with Crippen LogP contribution in [0.5, 0.6) is 0 Å². The van der Waals surface area contributed by atoms with Crippen LogP contribution in [0.4, 0.5) is 17.6 Å². The Morgan fingerprint density at radius 3 is 2.04 bits per heavy atom. The fourth-order valence-corrected chi connectivity index (χ4v) is 6.80. The summed E-state index contributed by atoms with van der Waals surface area (Å²) in [6.07, 6.45) is 5.33. The molecule has 0 heterocycles. The number of allylic oxidation sites excluding steroid dienone is 3. The molecule has 1 aliphatic carbocycles. The van der Waals surface area contributed by atoms with Crippen LogP contribution in [0, 0.1) is 34.6 Å². The van der Waals surface area contributed by atoms with Crippen molar-refractivity contribution in [1.29, 1.82) is 5.41 Å². The molecule has 2 atom stereocenters. The van der Waals surface area contributed by atoms with Crippen molar-refractivity contribution in [2.24, 2.45) is 5.92 Å². The number of carbonyl (C=O) groups excluding carboxylic acids is 2. The molecule has 0 amide bonds. The first-order valence-corrected chi connectivity index (χ1v) is 15.6. The molecule has 2 unspecified atom stereocenters. The summed E-state index contributed by atoms with van der Waals surface area (Å²) in [5, 5.41) is 7.01. The molecule has 4 aromatic rings. The maximum atomic E-state index is 15.1. The number of hydrogen-bond donors (Lipinski definition) is 1. The quantitative estimate of drug-likeness (QED) is 0.0897. The highest BCUT2D eigenvalue weighted by Gasteiger charge is 2.22. The Balaban J connectivity index is 1.16. The van der Waals surface area contributed by atoms with Gasteiger partial charge in [0.25, 0.3) is 0 Å². The van der Waals surface area contributed by atoms with Crippen molar-refractivity contribution in [3.63, 3.8) is 0 Å². The molecule has 0 aromatic heterocycles. The minimum absolute atomic E-state index is 0.0546. The van der Waals surface area contributed by atoms with E-state index in [-0.39, 0.29) is 45.3 Å². The van der Waals surface area contributed by atoms with Crippen LogP contribution < -0.4 is 0 Å². The van der Waals surface area contributed by atoms with Crippen LogP contribution in [0.2, 0.25) is 0 Å². The Hall–Kier alpha value is -4.21. The molecular formula is C36H27F4NO2S2. The van der Waals surface area contributed by atoms with Crippen molar-refractivity contribution in [2.45, 2.75) is 31.1 Å². The van der Waals surface area contributed by atoms with Gasteiger partial charge in [-0.05, 0) is 77.6 Å². The topological polar surface area (TPSA) is 58.0 Å². The largest absolute Gasteiger partial charge is 0.305 e. The molecule has 0 radical (unpaired) electrons. The average molecular weight is 646 g/mol. The van der Waals surface area contributed by atoms with Crippen LogP contribution in [0.25, 0.3) is 22.3 Å². The van der Waals surface area contributed by atoms with E-state index in [0.717, 1.165) is 41.2 Å². The zero-order valence-electron chi connectivity index (χ0n) is 24.2. The van der Waals surface area contributed by atoms with Gasteiger partial charge in [0.05, 0.1) is 6.42 Å². The van der Waals surface area contributed by atoms with Crippen LogP contribution in [-0.2, 0) is 9.59 Å². The Bertz CT molecular complexity index is 1870. The van der Waals surface area contributed by atoms with Crippen LogP contribution in [-0.4, -0.2) is 15.9 Å². The van der Waals surface area contributed by atoms with Gasteiger partial charge in [-0.25, -0.2) is 17.6 Å². The Morgan fingerprint density at radius 1 is 0.733 bits per heavy atom. The first-order valence-electron chi connectivity index (χ1n) is 14.0. The summed E-state index contributed by atoms with van der Waals surface area (Å²) in [4.78, 5) is 26.6. The van der Waals surface area contributed by atoms with E-state index >= 15 is 4.39 Å². The first kappa shape index (κ1) is 32.2. The molecule has 0 fully saturated rings. The summed E-state index contributed by atoms with van der Waals surface area (Å²) in [6, 6.07) is 19.6. The van der Waals surface area contributed by atoms with Gasteiger partial charge in [-0.1, -0.05) is 85.1 Å². The molecule has 0 aliphatic heterocycles. The van der Waals surface area contributed by atoms with Gasteiger partial charge in [-0.15, -0.1) is 0 Å².